The minimum absolute atomic E-state index is 0.286. The summed E-state index contributed by atoms with van der Waals surface area (Å²) in [6.45, 7) is 4.69. The Bertz CT molecular complexity index is 650. The highest BCUT2D eigenvalue weighted by molar-refractivity contribution is 5.28. The van der Waals surface area contributed by atoms with E-state index in [1.165, 1.54) is 44.2 Å². The molecule has 0 amide bonds. The Morgan fingerprint density at radius 2 is 1.79 bits per heavy atom. The second-order valence-electron chi connectivity index (χ2n) is 9.90. The number of aliphatic hydroxyl groups is 1. The van der Waals surface area contributed by atoms with E-state index in [1.807, 2.05) is 6.07 Å². The van der Waals surface area contributed by atoms with Crippen LogP contribution >= 0.6 is 0 Å². The zero-order chi connectivity index (χ0) is 19.1. The lowest BCUT2D eigenvalue weighted by molar-refractivity contribution is -0.0876. The molecule has 1 aromatic rings. The molecule has 1 unspecified atom stereocenters. The van der Waals surface area contributed by atoms with Crippen molar-refractivity contribution >= 4 is 0 Å². The lowest BCUT2D eigenvalue weighted by Crippen LogP contribution is -2.62. The van der Waals surface area contributed by atoms with Gasteiger partial charge in [0, 0.05) is 44.9 Å². The maximum absolute atomic E-state index is 9.72. The molecule has 5 aliphatic rings. The topological polar surface area (TPSA) is 35.9 Å². The SMILES string of the molecule is COc1cccc(CN2CCN(C3C4CC5CC(C4)CC3C5)CC2CCO)c1. The van der Waals surface area contributed by atoms with Crippen LogP contribution in [-0.4, -0.2) is 60.3 Å². The van der Waals surface area contributed by atoms with Crippen molar-refractivity contribution in [3.63, 3.8) is 0 Å². The number of methoxy groups -OCH3 is 1. The average Bonchev–Trinajstić information content (AvgIpc) is 2.69. The molecule has 1 heterocycles. The minimum atomic E-state index is 0.286. The van der Waals surface area contributed by atoms with Crippen molar-refractivity contribution in [3.05, 3.63) is 29.8 Å². The smallest absolute Gasteiger partial charge is 0.119 e. The van der Waals surface area contributed by atoms with E-state index in [9.17, 15) is 5.11 Å². The Labute approximate surface area is 169 Å². The first-order valence-corrected chi connectivity index (χ1v) is 11.5. The quantitative estimate of drug-likeness (QED) is 0.816. The van der Waals surface area contributed by atoms with Crippen molar-refractivity contribution in [3.8, 4) is 5.75 Å². The molecule has 4 nitrogen and oxygen atoms in total. The molecule has 0 aromatic heterocycles. The molecule has 1 aromatic carbocycles. The van der Waals surface area contributed by atoms with E-state index >= 15 is 0 Å². The molecule has 1 N–H and O–H groups in total. The van der Waals surface area contributed by atoms with Crippen molar-refractivity contribution in [2.75, 3.05) is 33.4 Å². The number of rotatable bonds is 6. The monoisotopic (exact) mass is 384 g/mol. The molecule has 4 aliphatic carbocycles. The molecule has 5 fully saturated rings. The summed E-state index contributed by atoms with van der Waals surface area (Å²) in [7, 11) is 1.73. The van der Waals surface area contributed by atoms with Crippen LogP contribution in [0.3, 0.4) is 0 Å². The molecular weight excluding hydrogens is 348 g/mol. The van der Waals surface area contributed by atoms with Gasteiger partial charge in [-0.05, 0) is 79.9 Å². The first-order chi connectivity index (χ1) is 13.7. The first kappa shape index (κ1) is 18.9. The second-order valence-corrected chi connectivity index (χ2v) is 9.90. The zero-order valence-corrected chi connectivity index (χ0v) is 17.3. The molecule has 28 heavy (non-hydrogen) atoms. The Morgan fingerprint density at radius 1 is 1.04 bits per heavy atom. The molecule has 0 radical (unpaired) electrons. The van der Waals surface area contributed by atoms with Gasteiger partial charge in [0.25, 0.3) is 0 Å². The Balaban J connectivity index is 1.27. The highest BCUT2D eigenvalue weighted by Gasteiger charge is 2.50. The number of nitrogens with zero attached hydrogens (tertiary/aromatic N) is 2. The molecular formula is C24H36N2O2. The predicted molar refractivity (Wildman–Crippen MR) is 111 cm³/mol. The summed E-state index contributed by atoms with van der Waals surface area (Å²) in [6.07, 6.45) is 8.38. The third-order valence-corrected chi connectivity index (χ3v) is 8.22. The maximum Gasteiger partial charge on any atom is 0.119 e. The van der Waals surface area contributed by atoms with Crippen LogP contribution in [0.15, 0.2) is 24.3 Å². The Morgan fingerprint density at radius 3 is 2.46 bits per heavy atom. The normalized spacial score (nSPS) is 38.1. The summed E-state index contributed by atoms with van der Waals surface area (Å²) in [5.74, 6) is 4.93. The van der Waals surface area contributed by atoms with Gasteiger partial charge in [0.1, 0.15) is 5.75 Å². The average molecular weight is 385 g/mol. The molecule has 1 aliphatic heterocycles. The van der Waals surface area contributed by atoms with Gasteiger partial charge in [0.15, 0.2) is 0 Å². The van der Waals surface area contributed by atoms with Crippen LogP contribution in [0.5, 0.6) is 5.75 Å². The Hall–Kier alpha value is -1.10. The molecule has 154 valence electrons. The van der Waals surface area contributed by atoms with Crippen LogP contribution < -0.4 is 4.74 Å². The van der Waals surface area contributed by atoms with Gasteiger partial charge in [0.2, 0.25) is 0 Å². The molecule has 4 bridgehead atoms. The second kappa shape index (κ2) is 7.97. The molecule has 6 rings (SSSR count). The Kier molecular flexibility index (Phi) is 5.38. The van der Waals surface area contributed by atoms with E-state index < -0.39 is 0 Å². The van der Waals surface area contributed by atoms with Gasteiger partial charge in [-0.15, -0.1) is 0 Å². The minimum Gasteiger partial charge on any atom is -0.497 e. The number of aliphatic hydroxyl groups excluding tert-OH is 1. The molecule has 4 saturated carbocycles. The van der Waals surface area contributed by atoms with Crippen molar-refractivity contribution in [1.82, 2.24) is 9.80 Å². The summed E-state index contributed by atoms with van der Waals surface area (Å²) >= 11 is 0. The van der Waals surface area contributed by atoms with Gasteiger partial charge in [-0.2, -0.15) is 0 Å². The largest absolute Gasteiger partial charge is 0.497 e. The van der Waals surface area contributed by atoms with Gasteiger partial charge in [0.05, 0.1) is 7.11 Å². The molecule has 1 saturated heterocycles. The number of hydrogen-bond acceptors (Lipinski definition) is 4. The van der Waals surface area contributed by atoms with Crippen LogP contribution in [0.25, 0.3) is 0 Å². The standard InChI is InChI=1S/C24H36N2O2/c1-28-23-4-2-3-17(14-23)15-25-6-7-26(16-22(25)5-8-27)24-20-10-18-9-19(12-20)13-21(24)11-18/h2-4,14,18-22,24,27H,5-13,15-16H2,1H3. The molecule has 0 spiro atoms. The fourth-order valence-electron chi connectivity index (χ4n) is 7.32. The van der Waals surface area contributed by atoms with Crippen LogP contribution in [0.4, 0.5) is 0 Å². The van der Waals surface area contributed by atoms with Crippen molar-refractivity contribution < 1.29 is 9.84 Å². The van der Waals surface area contributed by atoms with E-state index in [1.54, 1.807) is 7.11 Å². The first-order valence-electron chi connectivity index (χ1n) is 11.5. The van der Waals surface area contributed by atoms with Gasteiger partial charge in [-0.1, -0.05) is 12.1 Å². The van der Waals surface area contributed by atoms with E-state index in [4.69, 9.17) is 4.74 Å². The predicted octanol–water partition coefficient (Wildman–Crippen LogP) is 3.39. The molecule has 1 atom stereocenters. The van der Waals surface area contributed by atoms with E-state index in [2.05, 4.69) is 28.0 Å². The summed E-state index contributed by atoms with van der Waals surface area (Å²) in [4.78, 5) is 5.44. The summed E-state index contributed by atoms with van der Waals surface area (Å²) < 4.78 is 5.40. The van der Waals surface area contributed by atoms with E-state index in [0.29, 0.717) is 6.04 Å². The van der Waals surface area contributed by atoms with E-state index in [-0.39, 0.29) is 6.61 Å². The number of piperazine rings is 1. The van der Waals surface area contributed by atoms with Gasteiger partial charge in [-0.3, -0.25) is 9.80 Å². The lowest BCUT2D eigenvalue weighted by atomic mass is 9.53. The van der Waals surface area contributed by atoms with Crippen molar-refractivity contribution in [1.29, 1.82) is 0 Å². The summed E-state index contributed by atoms with van der Waals surface area (Å²) in [6, 6.07) is 9.73. The zero-order valence-electron chi connectivity index (χ0n) is 17.3. The highest BCUT2D eigenvalue weighted by Crippen LogP contribution is 2.55. The van der Waals surface area contributed by atoms with E-state index in [0.717, 1.165) is 61.5 Å². The summed E-state index contributed by atoms with van der Waals surface area (Å²) in [5, 5.41) is 9.72. The third kappa shape index (κ3) is 3.59. The highest BCUT2D eigenvalue weighted by atomic mass is 16.5. The van der Waals surface area contributed by atoms with Crippen LogP contribution in [0.2, 0.25) is 0 Å². The van der Waals surface area contributed by atoms with Gasteiger partial charge < -0.3 is 9.84 Å². The number of benzene rings is 1. The maximum atomic E-state index is 9.72. The van der Waals surface area contributed by atoms with Crippen LogP contribution in [-0.2, 0) is 6.54 Å². The molecule has 4 heteroatoms. The van der Waals surface area contributed by atoms with Gasteiger partial charge >= 0.3 is 0 Å². The van der Waals surface area contributed by atoms with Crippen molar-refractivity contribution in [2.45, 2.75) is 57.2 Å². The van der Waals surface area contributed by atoms with Crippen molar-refractivity contribution in [2.24, 2.45) is 23.7 Å². The van der Waals surface area contributed by atoms with Crippen LogP contribution in [0, 0.1) is 23.7 Å². The van der Waals surface area contributed by atoms with Gasteiger partial charge in [-0.25, -0.2) is 0 Å². The number of hydrogen-bond donors (Lipinski definition) is 1. The lowest BCUT2D eigenvalue weighted by Gasteiger charge is -2.59. The third-order valence-electron chi connectivity index (χ3n) is 8.22. The number of ether oxygens (including phenoxy) is 1. The fourth-order valence-corrected chi connectivity index (χ4v) is 7.32. The van der Waals surface area contributed by atoms with Crippen LogP contribution in [0.1, 0.15) is 44.1 Å². The summed E-state index contributed by atoms with van der Waals surface area (Å²) in [5.41, 5.74) is 1.31. The fraction of sp³-hybridized carbons (Fsp3) is 0.750.